The van der Waals surface area contributed by atoms with Crippen molar-refractivity contribution in [2.45, 2.75) is 6.92 Å². The molecule has 0 N–H and O–H groups in total. The van der Waals surface area contributed by atoms with E-state index in [1.807, 2.05) is 0 Å². The summed E-state index contributed by atoms with van der Waals surface area (Å²) in [6.07, 6.45) is 1.90. The summed E-state index contributed by atoms with van der Waals surface area (Å²) in [4.78, 5) is 34.6. The summed E-state index contributed by atoms with van der Waals surface area (Å²) in [5.41, 5.74) is 0. The fourth-order valence-electron chi connectivity index (χ4n) is 2.03. The molecular weight excluding hydrogens is 348 g/mol. The molecule has 0 aliphatic carbocycles. The molecule has 0 aromatic heterocycles. The Morgan fingerprint density at radius 2 is 1.56 bits per heavy atom. The number of carbonyl (C=O) groups is 3. The maximum atomic E-state index is 11.6. The zero-order chi connectivity index (χ0) is 18.6. The summed E-state index contributed by atoms with van der Waals surface area (Å²) in [5.74, 6) is -2.19. The molecule has 0 bridgehead atoms. The highest BCUT2D eigenvalue weighted by Crippen LogP contribution is 2.43. The molecule has 0 amide bonds. The summed E-state index contributed by atoms with van der Waals surface area (Å²) in [6.45, 7) is 7.85. The Morgan fingerprint density at radius 1 is 0.920 bits per heavy atom. The molecule has 0 fully saturated rings. The Kier molecular flexibility index (Phi) is 5.56. The Hall–Kier alpha value is -3.12. The maximum absolute atomic E-state index is 11.6. The fraction of sp³-hybridized carbons (Fsp3) is 0.0556. The van der Waals surface area contributed by atoms with Crippen molar-refractivity contribution < 1.29 is 28.6 Å². The molecule has 0 spiro atoms. The average Bonchev–Trinajstić information content (AvgIpc) is 2.57. The Bertz CT molecular complexity index is 900. The van der Waals surface area contributed by atoms with Crippen LogP contribution in [0.5, 0.6) is 17.2 Å². The molecule has 0 unspecified atom stereocenters. The summed E-state index contributed by atoms with van der Waals surface area (Å²) in [6, 6.07) is 5.88. The number of ether oxygens (including phenoxy) is 3. The second kappa shape index (κ2) is 7.63. The van der Waals surface area contributed by atoms with Crippen LogP contribution in [0.2, 0.25) is 5.02 Å². The molecule has 0 aliphatic heterocycles. The van der Waals surface area contributed by atoms with Crippen LogP contribution in [0.25, 0.3) is 10.8 Å². The molecule has 2 aromatic rings. The monoisotopic (exact) mass is 360 g/mol. The molecule has 25 heavy (non-hydrogen) atoms. The average molecular weight is 361 g/mol. The van der Waals surface area contributed by atoms with Gasteiger partial charge in [-0.1, -0.05) is 24.8 Å². The molecule has 0 saturated carbocycles. The SMILES string of the molecule is C=CC(=O)Oc1cc(OC(C)=O)c2cc(Cl)ccc2c1OC(=O)C=C. The van der Waals surface area contributed by atoms with Crippen LogP contribution < -0.4 is 14.2 Å². The van der Waals surface area contributed by atoms with Crippen LogP contribution in [0, 0.1) is 0 Å². The number of carbonyl (C=O) groups excluding carboxylic acids is 3. The first kappa shape index (κ1) is 18.2. The van der Waals surface area contributed by atoms with Crippen molar-refractivity contribution in [2.24, 2.45) is 0 Å². The van der Waals surface area contributed by atoms with E-state index in [1.165, 1.54) is 19.1 Å². The normalized spacial score (nSPS) is 10.0. The van der Waals surface area contributed by atoms with Crippen LogP contribution >= 0.6 is 11.6 Å². The van der Waals surface area contributed by atoms with E-state index in [2.05, 4.69) is 13.2 Å². The largest absolute Gasteiger partial charge is 0.426 e. The van der Waals surface area contributed by atoms with Crippen molar-refractivity contribution in [1.82, 2.24) is 0 Å². The van der Waals surface area contributed by atoms with Crippen molar-refractivity contribution in [3.05, 3.63) is 54.6 Å². The molecule has 0 atom stereocenters. The Morgan fingerprint density at radius 3 is 2.16 bits per heavy atom. The van der Waals surface area contributed by atoms with Gasteiger partial charge >= 0.3 is 17.9 Å². The van der Waals surface area contributed by atoms with Gasteiger partial charge in [-0.05, 0) is 18.2 Å². The van der Waals surface area contributed by atoms with E-state index >= 15 is 0 Å². The van der Waals surface area contributed by atoms with E-state index in [0.717, 1.165) is 12.2 Å². The van der Waals surface area contributed by atoms with Crippen molar-refractivity contribution in [2.75, 3.05) is 0 Å². The van der Waals surface area contributed by atoms with E-state index in [-0.39, 0.29) is 17.2 Å². The van der Waals surface area contributed by atoms with Gasteiger partial charge < -0.3 is 14.2 Å². The van der Waals surface area contributed by atoms with Crippen molar-refractivity contribution >= 4 is 40.3 Å². The smallest absolute Gasteiger partial charge is 0.335 e. The number of fused-ring (bicyclic) bond motifs is 1. The lowest BCUT2D eigenvalue weighted by molar-refractivity contribution is -0.132. The quantitative estimate of drug-likeness (QED) is 0.460. The first-order chi connectivity index (χ1) is 11.8. The molecule has 128 valence electrons. The number of rotatable bonds is 5. The number of hydrogen-bond donors (Lipinski definition) is 0. The maximum Gasteiger partial charge on any atom is 0.335 e. The van der Waals surface area contributed by atoms with Crippen LogP contribution in [0.4, 0.5) is 0 Å². The van der Waals surface area contributed by atoms with E-state index in [0.29, 0.717) is 15.8 Å². The summed E-state index contributed by atoms with van der Waals surface area (Å²) < 4.78 is 15.5. The van der Waals surface area contributed by atoms with Gasteiger partial charge in [0.1, 0.15) is 5.75 Å². The molecule has 7 heteroatoms. The van der Waals surface area contributed by atoms with Crippen molar-refractivity contribution in [1.29, 1.82) is 0 Å². The number of benzene rings is 2. The minimum atomic E-state index is -0.780. The first-order valence-corrected chi connectivity index (χ1v) is 7.36. The van der Waals surface area contributed by atoms with Crippen LogP contribution in [0.3, 0.4) is 0 Å². The fourth-order valence-corrected chi connectivity index (χ4v) is 2.20. The second-order valence-electron chi connectivity index (χ2n) is 4.74. The van der Waals surface area contributed by atoms with Crippen molar-refractivity contribution in [3.8, 4) is 17.2 Å². The molecule has 2 rings (SSSR count). The van der Waals surface area contributed by atoms with Crippen LogP contribution in [-0.2, 0) is 14.4 Å². The van der Waals surface area contributed by atoms with Gasteiger partial charge in [-0.25, -0.2) is 9.59 Å². The lowest BCUT2D eigenvalue weighted by Gasteiger charge is -2.15. The van der Waals surface area contributed by atoms with E-state index in [1.54, 1.807) is 12.1 Å². The van der Waals surface area contributed by atoms with Gasteiger partial charge in [-0.3, -0.25) is 4.79 Å². The van der Waals surface area contributed by atoms with Crippen molar-refractivity contribution in [3.63, 3.8) is 0 Å². The predicted octanol–water partition coefficient (Wildman–Crippen LogP) is 3.60. The molecular formula is C18H13ClO6. The standard InChI is InChI=1S/C18H13ClO6/c1-4-16(21)24-15-9-14(23-10(3)20)13-8-11(19)6-7-12(13)18(15)25-17(22)5-2/h4-9H,1-2H2,3H3. The number of halogens is 1. The highest BCUT2D eigenvalue weighted by atomic mass is 35.5. The van der Waals surface area contributed by atoms with Gasteiger partial charge in [0, 0.05) is 40.9 Å². The van der Waals surface area contributed by atoms with Crippen LogP contribution in [0.1, 0.15) is 6.92 Å². The predicted molar refractivity (Wildman–Crippen MR) is 91.9 cm³/mol. The summed E-state index contributed by atoms with van der Waals surface area (Å²) in [5, 5.41) is 1.12. The zero-order valence-electron chi connectivity index (χ0n) is 13.2. The minimum absolute atomic E-state index is 0.0392. The van der Waals surface area contributed by atoms with Gasteiger partial charge in [0.05, 0.1) is 0 Å². The molecule has 0 radical (unpaired) electrons. The third-order valence-electron chi connectivity index (χ3n) is 2.98. The highest BCUT2D eigenvalue weighted by Gasteiger charge is 2.20. The topological polar surface area (TPSA) is 78.9 Å². The summed E-state index contributed by atoms with van der Waals surface area (Å²) in [7, 11) is 0. The molecule has 6 nitrogen and oxygen atoms in total. The first-order valence-electron chi connectivity index (χ1n) is 6.99. The van der Waals surface area contributed by atoms with Gasteiger partial charge in [-0.2, -0.15) is 0 Å². The second-order valence-corrected chi connectivity index (χ2v) is 5.17. The zero-order valence-corrected chi connectivity index (χ0v) is 14.0. The molecule has 2 aromatic carbocycles. The molecule has 0 aliphatic rings. The third-order valence-corrected chi connectivity index (χ3v) is 3.21. The van der Waals surface area contributed by atoms with Gasteiger partial charge in [0.2, 0.25) is 0 Å². The lowest BCUT2D eigenvalue weighted by atomic mass is 10.1. The number of hydrogen-bond acceptors (Lipinski definition) is 6. The summed E-state index contributed by atoms with van der Waals surface area (Å²) >= 11 is 6.00. The Balaban J connectivity index is 2.78. The molecule has 0 saturated heterocycles. The highest BCUT2D eigenvalue weighted by molar-refractivity contribution is 6.31. The third kappa shape index (κ3) is 4.24. The van der Waals surface area contributed by atoms with E-state index in [9.17, 15) is 14.4 Å². The molecule has 0 heterocycles. The van der Waals surface area contributed by atoms with Gasteiger partial charge in [0.15, 0.2) is 11.5 Å². The minimum Gasteiger partial charge on any atom is -0.426 e. The van der Waals surface area contributed by atoms with E-state index < -0.39 is 17.9 Å². The lowest BCUT2D eigenvalue weighted by Crippen LogP contribution is -2.10. The van der Waals surface area contributed by atoms with Crippen LogP contribution in [-0.4, -0.2) is 17.9 Å². The van der Waals surface area contributed by atoms with Crippen LogP contribution in [0.15, 0.2) is 49.6 Å². The number of esters is 3. The van der Waals surface area contributed by atoms with Gasteiger partial charge in [-0.15, -0.1) is 0 Å². The Labute approximate surface area is 148 Å². The van der Waals surface area contributed by atoms with Gasteiger partial charge in [0.25, 0.3) is 0 Å². The van der Waals surface area contributed by atoms with E-state index in [4.69, 9.17) is 25.8 Å².